The van der Waals surface area contributed by atoms with Crippen LogP contribution in [0.2, 0.25) is 5.02 Å². The number of ether oxygens (including phenoxy) is 1. The van der Waals surface area contributed by atoms with Crippen molar-refractivity contribution >= 4 is 35.0 Å². The summed E-state index contributed by atoms with van der Waals surface area (Å²) >= 11 is 5.99. The lowest BCUT2D eigenvalue weighted by molar-refractivity contribution is 0.102. The molecular weight excluding hydrogens is 380 g/mol. The molecule has 7 nitrogen and oxygen atoms in total. The van der Waals surface area contributed by atoms with Crippen LogP contribution in [-0.4, -0.2) is 35.4 Å². The molecule has 3 aromatic rings. The van der Waals surface area contributed by atoms with Crippen molar-refractivity contribution in [1.82, 2.24) is 9.78 Å². The lowest BCUT2D eigenvalue weighted by Crippen LogP contribution is -2.26. The highest BCUT2D eigenvalue weighted by Gasteiger charge is 2.13. The average molecular weight is 399 g/mol. The Morgan fingerprint density at radius 3 is 2.64 bits per heavy atom. The molecule has 0 spiro atoms. The van der Waals surface area contributed by atoms with E-state index in [1.807, 2.05) is 12.1 Å². The van der Waals surface area contributed by atoms with Gasteiger partial charge in [0.05, 0.1) is 24.1 Å². The van der Waals surface area contributed by atoms with Gasteiger partial charge in [0.25, 0.3) is 5.91 Å². The number of carbonyl (C=O) groups is 2. The maximum Gasteiger partial charge on any atom is 0.413 e. The summed E-state index contributed by atoms with van der Waals surface area (Å²) in [4.78, 5) is 25.6. The van der Waals surface area contributed by atoms with Crippen LogP contribution in [0.25, 0.3) is 5.69 Å². The molecule has 0 bridgehead atoms. The zero-order valence-electron chi connectivity index (χ0n) is 15.4. The minimum atomic E-state index is -0.437. The van der Waals surface area contributed by atoms with Gasteiger partial charge in [-0.2, -0.15) is 5.10 Å². The maximum atomic E-state index is 12.5. The van der Waals surface area contributed by atoms with E-state index in [9.17, 15) is 9.59 Å². The molecule has 8 heteroatoms. The predicted molar refractivity (Wildman–Crippen MR) is 108 cm³/mol. The van der Waals surface area contributed by atoms with Crippen LogP contribution in [0.4, 0.5) is 16.2 Å². The first-order chi connectivity index (χ1) is 13.5. The van der Waals surface area contributed by atoms with Crippen molar-refractivity contribution in [3.63, 3.8) is 0 Å². The summed E-state index contributed by atoms with van der Waals surface area (Å²) in [6.07, 6.45) is 2.68. The first-order valence-electron chi connectivity index (χ1n) is 8.60. The van der Waals surface area contributed by atoms with Gasteiger partial charge >= 0.3 is 6.09 Å². The molecule has 28 heavy (non-hydrogen) atoms. The van der Waals surface area contributed by atoms with Crippen LogP contribution in [0.1, 0.15) is 17.3 Å². The zero-order chi connectivity index (χ0) is 20.1. The number of rotatable bonds is 5. The van der Waals surface area contributed by atoms with E-state index < -0.39 is 6.09 Å². The molecule has 0 radical (unpaired) electrons. The van der Waals surface area contributed by atoms with Crippen molar-refractivity contribution in [1.29, 1.82) is 0 Å². The Labute approximate surface area is 167 Å². The number of benzene rings is 2. The van der Waals surface area contributed by atoms with Gasteiger partial charge in [-0.3, -0.25) is 9.69 Å². The van der Waals surface area contributed by atoms with Gasteiger partial charge in [0.15, 0.2) is 0 Å². The van der Waals surface area contributed by atoms with Crippen LogP contribution in [0.15, 0.2) is 60.9 Å². The predicted octanol–water partition coefficient (Wildman–Crippen LogP) is 4.37. The highest BCUT2D eigenvalue weighted by atomic mass is 35.5. The molecule has 3 rings (SSSR count). The highest BCUT2D eigenvalue weighted by Crippen LogP contribution is 2.19. The molecule has 0 aliphatic carbocycles. The lowest BCUT2D eigenvalue weighted by Gasteiger charge is -2.16. The Balaban J connectivity index is 1.67. The van der Waals surface area contributed by atoms with Crippen molar-refractivity contribution < 1.29 is 14.3 Å². The lowest BCUT2D eigenvalue weighted by atomic mass is 10.2. The van der Waals surface area contributed by atoms with Crippen molar-refractivity contribution in [2.75, 3.05) is 23.9 Å². The van der Waals surface area contributed by atoms with Crippen LogP contribution in [0.5, 0.6) is 0 Å². The molecule has 1 heterocycles. The van der Waals surface area contributed by atoms with E-state index in [0.29, 0.717) is 28.6 Å². The van der Waals surface area contributed by atoms with E-state index in [2.05, 4.69) is 10.4 Å². The van der Waals surface area contributed by atoms with Crippen molar-refractivity contribution in [2.24, 2.45) is 0 Å². The second kappa shape index (κ2) is 8.58. The number of carbonyl (C=O) groups excluding carboxylic acids is 2. The fourth-order valence-electron chi connectivity index (χ4n) is 2.50. The minimum Gasteiger partial charge on any atom is -0.449 e. The summed E-state index contributed by atoms with van der Waals surface area (Å²) in [5.41, 5.74) is 2.43. The molecule has 144 valence electrons. The Hall–Kier alpha value is -3.32. The van der Waals surface area contributed by atoms with Gasteiger partial charge in [-0.05, 0) is 49.4 Å². The smallest absolute Gasteiger partial charge is 0.413 e. The van der Waals surface area contributed by atoms with Crippen molar-refractivity contribution in [2.45, 2.75) is 6.92 Å². The molecule has 0 unspecified atom stereocenters. The molecule has 1 aromatic heterocycles. The number of nitrogens with zero attached hydrogens (tertiary/aromatic N) is 3. The quantitative estimate of drug-likeness (QED) is 0.692. The average Bonchev–Trinajstić information content (AvgIpc) is 3.19. The van der Waals surface area contributed by atoms with Gasteiger partial charge in [-0.1, -0.05) is 17.7 Å². The van der Waals surface area contributed by atoms with Gasteiger partial charge in [-0.15, -0.1) is 0 Å². The fraction of sp³-hybridized carbons (Fsp3) is 0.150. The first-order valence-corrected chi connectivity index (χ1v) is 8.98. The van der Waals surface area contributed by atoms with Crippen molar-refractivity contribution in [3.8, 4) is 5.69 Å². The van der Waals surface area contributed by atoms with Crippen LogP contribution < -0.4 is 10.2 Å². The number of nitrogens with one attached hydrogen (secondary N) is 1. The zero-order valence-corrected chi connectivity index (χ0v) is 16.2. The van der Waals surface area contributed by atoms with Gasteiger partial charge in [0.1, 0.15) is 0 Å². The molecule has 1 N–H and O–H groups in total. The van der Waals surface area contributed by atoms with Crippen LogP contribution in [0, 0.1) is 0 Å². The third-order valence-corrected chi connectivity index (χ3v) is 4.21. The van der Waals surface area contributed by atoms with Gasteiger partial charge < -0.3 is 10.1 Å². The minimum absolute atomic E-state index is 0.292. The third kappa shape index (κ3) is 4.50. The number of aromatic nitrogens is 2. The summed E-state index contributed by atoms with van der Waals surface area (Å²) in [5, 5.41) is 7.60. The molecular formula is C20H19ClN4O3. The number of hydrogen-bond donors (Lipinski definition) is 1. The normalized spacial score (nSPS) is 10.4. The molecule has 2 aromatic carbocycles. The van der Waals surface area contributed by atoms with E-state index in [1.165, 1.54) is 11.1 Å². The van der Waals surface area contributed by atoms with Crippen LogP contribution in [-0.2, 0) is 4.74 Å². The van der Waals surface area contributed by atoms with Crippen LogP contribution in [0.3, 0.4) is 0 Å². The summed E-state index contributed by atoms with van der Waals surface area (Å²) in [7, 11) is 1.62. The number of hydrogen-bond acceptors (Lipinski definition) is 4. The SMILES string of the molecule is CCOC(=O)N(C)c1ccc(NC(=O)c2cnn(-c3cccc(Cl)c3)c2)cc1. The van der Waals surface area contributed by atoms with Crippen molar-refractivity contribution in [3.05, 3.63) is 71.5 Å². The highest BCUT2D eigenvalue weighted by molar-refractivity contribution is 6.30. The maximum absolute atomic E-state index is 12.5. The van der Waals surface area contributed by atoms with Crippen LogP contribution >= 0.6 is 11.6 Å². The summed E-state index contributed by atoms with van der Waals surface area (Å²) in [6.45, 7) is 2.05. The Bertz CT molecular complexity index is 985. The van der Waals surface area contributed by atoms with E-state index in [4.69, 9.17) is 16.3 Å². The third-order valence-electron chi connectivity index (χ3n) is 3.97. The molecule has 0 saturated heterocycles. The molecule has 2 amide bonds. The largest absolute Gasteiger partial charge is 0.449 e. The first kappa shape index (κ1) is 19.4. The number of halogens is 1. The van der Waals surface area contributed by atoms with E-state index in [1.54, 1.807) is 61.2 Å². The molecule has 0 fully saturated rings. The summed E-state index contributed by atoms with van der Waals surface area (Å²) < 4.78 is 6.54. The van der Waals surface area contributed by atoms with Gasteiger partial charge in [0.2, 0.25) is 0 Å². The second-order valence-corrected chi connectivity index (χ2v) is 6.35. The Kier molecular flexibility index (Phi) is 5.96. The standard InChI is InChI=1S/C20H19ClN4O3/c1-3-28-20(27)24(2)17-9-7-16(8-10-17)23-19(26)14-12-22-25(13-14)18-6-4-5-15(21)11-18/h4-13H,3H2,1-2H3,(H,23,26). The monoisotopic (exact) mass is 398 g/mol. The second-order valence-electron chi connectivity index (χ2n) is 5.91. The Morgan fingerprint density at radius 1 is 1.21 bits per heavy atom. The summed E-state index contributed by atoms with van der Waals surface area (Å²) in [5.74, 6) is -0.292. The molecule has 0 saturated carbocycles. The molecule has 0 aliphatic heterocycles. The topological polar surface area (TPSA) is 76.5 Å². The Morgan fingerprint density at radius 2 is 1.96 bits per heavy atom. The van der Waals surface area contributed by atoms with E-state index in [0.717, 1.165) is 5.69 Å². The van der Waals surface area contributed by atoms with E-state index >= 15 is 0 Å². The number of amides is 2. The number of anilines is 2. The van der Waals surface area contributed by atoms with E-state index in [-0.39, 0.29) is 5.91 Å². The van der Waals surface area contributed by atoms with Gasteiger partial charge in [-0.25, -0.2) is 9.48 Å². The van der Waals surface area contributed by atoms with Gasteiger partial charge in [0, 0.05) is 29.6 Å². The fourth-order valence-corrected chi connectivity index (χ4v) is 2.68. The molecule has 0 aliphatic rings. The molecule has 0 atom stereocenters. The summed E-state index contributed by atoms with van der Waals surface area (Å²) in [6, 6.07) is 14.1.